The highest BCUT2D eigenvalue weighted by Gasteiger charge is 2.23. The Balaban J connectivity index is 1.89. The van der Waals surface area contributed by atoms with Crippen LogP contribution in [0.5, 0.6) is 0 Å². The Morgan fingerprint density at radius 2 is 2.35 bits per heavy atom. The third-order valence-electron chi connectivity index (χ3n) is 3.75. The van der Waals surface area contributed by atoms with Crippen LogP contribution in [0.25, 0.3) is 0 Å². The van der Waals surface area contributed by atoms with E-state index in [0.717, 1.165) is 23.9 Å². The standard InChI is InChI=1S/C13H23N3O/c1-10-4-3-5-12(6-10)16(2)9-13-7-11(8-14)15-17-13/h7,10,12H,3-6,8-9,14H2,1-2H3. The van der Waals surface area contributed by atoms with E-state index in [9.17, 15) is 0 Å². The molecule has 1 saturated carbocycles. The minimum Gasteiger partial charge on any atom is -0.360 e. The maximum Gasteiger partial charge on any atom is 0.151 e. The molecule has 1 aromatic rings. The van der Waals surface area contributed by atoms with Crippen LogP contribution in [0.3, 0.4) is 0 Å². The summed E-state index contributed by atoms with van der Waals surface area (Å²) in [6.45, 7) is 3.64. The zero-order chi connectivity index (χ0) is 12.3. The molecule has 1 aromatic heterocycles. The average molecular weight is 237 g/mol. The van der Waals surface area contributed by atoms with E-state index in [1.54, 1.807) is 0 Å². The first-order chi connectivity index (χ1) is 8.19. The van der Waals surface area contributed by atoms with Gasteiger partial charge in [-0.1, -0.05) is 24.9 Å². The zero-order valence-corrected chi connectivity index (χ0v) is 10.9. The van der Waals surface area contributed by atoms with Crippen LogP contribution in [0.1, 0.15) is 44.1 Å². The van der Waals surface area contributed by atoms with Crippen molar-refractivity contribution in [3.05, 3.63) is 17.5 Å². The highest BCUT2D eigenvalue weighted by atomic mass is 16.5. The SMILES string of the molecule is CC1CCCC(N(C)Cc2cc(CN)no2)C1. The van der Waals surface area contributed by atoms with Crippen LogP contribution in [0.2, 0.25) is 0 Å². The lowest BCUT2D eigenvalue weighted by atomic mass is 9.86. The summed E-state index contributed by atoms with van der Waals surface area (Å²) < 4.78 is 5.27. The van der Waals surface area contributed by atoms with Gasteiger partial charge in [-0.2, -0.15) is 0 Å². The van der Waals surface area contributed by atoms with Gasteiger partial charge in [0.15, 0.2) is 5.76 Å². The molecule has 0 spiro atoms. The molecule has 1 aliphatic rings. The van der Waals surface area contributed by atoms with Crippen molar-refractivity contribution in [3.63, 3.8) is 0 Å². The second-order valence-electron chi connectivity index (χ2n) is 5.33. The van der Waals surface area contributed by atoms with E-state index in [-0.39, 0.29) is 0 Å². The van der Waals surface area contributed by atoms with Gasteiger partial charge in [0.2, 0.25) is 0 Å². The van der Waals surface area contributed by atoms with Gasteiger partial charge in [0.1, 0.15) is 0 Å². The highest BCUT2D eigenvalue weighted by molar-refractivity contribution is 5.04. The fraction of sp³-hybridized carbons (Fsp3) is 0.769. The lowest BCUT2D eigenvalue weighted by Gasteiger charge is -2.33. The molecule has 17 heavy (non-hydrogen) atoms. The van der Waals surface area contributed by atoms with Crippen LogP contribution in [-0.4, -0.2) is 23.1 Å². The van der Waals surface area contributed by atoms with E-state index < -0.39 is 0 Å². The van der Waals surface area contributed by atoms with Gasteiger partial charge in [0.25, 0.3) is 0 Å². The van der Waals surface area contributed by atoms with Crippen molar-refractivity contribution in [1.82, 2.24) is 10.1 Å². The van der Waals surface area contributed by atoms with Gasteiger partial charge in [0, 0.05) is 18.7 Å². The zero-order valence-electron chi connectivity index (χ0n) is 10.9. The van der Waals surface area contributed by atoms with E-state index in [4.69, 9.17) is 10.3 Å². The minimum atomic E-state index is 0.452. The number of hydrogen-bond acceptors (Lipinski definition) is 4. The van der Waals surface area contributed by atoms with Crippen molar-refractivity contribution < 1.29 is 4.52 Å². The van der Waals surface area contributed by atoms with Crippen molar-refractivity contribution >= 4 is 0 Å². The molecule has 0 aromatic carbocycles. The molecule has 2 rings (SSSR count). The van der Waals surface area contributed by atoms with Gasteiger partial charge in [-0.05, 0) is 25.8 Å². The predicted octanol–water partition coefficient (Wildman–Crippen LogP) is 2.14. The van der Waals surface area contributed by atoms with Gasteiger partial charge < -0.3 is 10.3 Å². The molecule has 1 fully saturated rings. The van der Waals surface area contributed by atoms with Gasteiger partial charge in [0.05, 0.1) is 12.2 Å². The summed E-state index contributed by atoms with van der Waals surface area (Å²) in [4.78, 5) is 2.39. The fourth-order valence-corrected chi connectivity index (χ4v) is 2.70. The van der Waals surface area contributed by atoms with Crippen LogP contribution < -0.4 is 5.73 Å². The molecule has 4 nitrogen and oxygen atoms in total. The van der Waals surface area contributed by atoms with Gasteiger partial charge >= 0.3 is 0 Å². The van der Waals surface area contributed by atoms with E-state index in [1.165, 1.54) is 25.7 Å². The Morgan fingerprint density at radius 3 is 3.00 bits per heavy atom. The largest absolute Gasteiger partial charge is 0.360 e. The number of nitrogens with two attached hydrogens (primary N) is 1. The summed E-state index contributed by atoms with van der Waals surface area (Å²) in [5.41, 5.74) is 6.36. The van der Waals surface area contributed by atoms with Crippen LogP contribution in [0, 0.1) is 5.92 Å². The van der Waals surface area contributed by atoms with Gasteiger partial charge in [-0.15, -0.1) is 0 Å². The minimum absolute atomic E-state index is 0.452. The summed E-state index contributed by atoms with van der Waals surface area (Å²) in [7, 11) is 2.17. The molecule has 96 valence electrons. The molecule has 1 aliphatic carbocycles. The average Bonchev–Trinajstić information content (AvgIpc) is 2.77. The fourth-order valence-electron chi connectivity index (χ4n) is 2.70. The Hall–Kier alpha value is -0.870. The normalized spacial score (nSPS) is 25.4. The molecule has 2 atom stereocenters. The van der Waals surface area contributed by atoms with E-state index in [0.29, 0.717) is 12.6 Å². The van der Waals surface area contributed by atoms with Crippen molar-refractivity contribution in [3.8, 4) is 0 Å². The third-order valence-corrected chi connectivity index (χ3v) is 3.75. The Kier molecular flexibility index (Phi) is 4.18. The highest BCUT2D eigenvalue weighted by Crippen LogP contribution is 2.27. The molecule has 1 heterocycles. The monoisotopic (exact) mass is 237 g/mol. The molecule has 0 saturated heterocycles. The molecule has 2 unspecified atom stereocenters. The van der Waals surface area contributed by atoms with Crippen molar-refractivity contribution in [1.29, 1.82) is 0 Å². The first-order valence-electron chi connectivity index (χ1n) is 6.53. The lowest BCUT2D eigenvalue weighted by Crippen LogP contribution is -2.34. The maximum atomic E-state index is 5.52. The van der Waals surface area contributed by atoms with Crippen LogP contribution in [0.4, 0.5) is 0 Å². The second-order valence-corrected chi connectivity index (χ2v) is 5.33. The van der Waals surface area contributed by atoms with Crippen LogP contribution in [0.15, 0.2) is 10.6 Å². The van der Waals surface area contributed by atoms with Crippen molar-refractivity contribution in [2.75, 3.05) is 7.05 Å². The molecule has 0 aliphatic heterocycles. The molecular weight excluding hydrogens is 214 g/mol. The molecule has 4 heteroatoms. The van der Waals surface area contributed by atoms with Crippen molar-refractivity contribution in [2.45, 2.75) is 51.7 Å². The summed E-state index contributed by atoms with van der Waals surface area (Å²) in [6, 6.07) is 2.65. The molecule has 0 radical (unpaired) electrons. The van der Waals surface area contributed by atoms with Gasteiger partial charge in [-0.25, -0.2) is 0 Å². The number of rotatable bonds is 4. The Morgan fingerprint density at radius 1 is 1.53 bits per heavy atom. The molecule has 2 N–H and O–H groups in total. The van der Waals surface area contributed by atoms with Crippen LogP contribution >= 0.6 is 0 Å². The second kappa shape index (κ2) is 5.65. The smallest absolute Gasteiger partial charge is 0.151 e. The molecule has 0 bridgehead atoms. The first kappa shape index (κ1) is 12.6. The maximum absolute atomic E-state index is 5.52. The third kappa shape index (κ3) is 3.30. The van der Waals surface area contributed by atoms with Gasteiger partial charge in [-0.3, -0.25) is 4.90 Å². The van der Waals surface area contributed by atoms with E-state index >= 15 is 0 Å². The summed E-state index contributed by atoms with van der Waals surface area (Å²) in [5.74, 6) is 1.77. The first-order valence-corrected chi connectivity index (χ1v) is 6.53. The van der Waals surface area contributed by atoms with E-state index in [2.05, 4.69) is 24.0 Å². The summed E-state index contributed by atoms with van der Waals surface area (Å²) in [6.07, 6.45) is 5.33. The van der Waals surface area contributed by atoms with E-state index in [1.807, 2.05) is 6.07 Å². The van der Waals surface area contributed by atoms with Crippen molar-refractivity contribution in [2.24, 2.45) is 11.7 Å². The quantitative estimate of drug-likeness (QED) is 0.871. The Labute approximate surface area is 103 Å². The predicted molar refractivity (Wildman–Crippen MR) is 67.3 cm³/mol. The topological polar surface area (TPSA) is 55.3 Å². The Bertz CT molecular complexity index is 350. The molecular formula is C13H23N3O. The molecule has 0 amide bonds. The summed E-state index contributed by atoms with van der Waals surface area (Å²) >= 11 is 0. The number of aromatic nitrogens is 1. The van der Waals surface area contributed by atoms with Crippen LogP contribution in [-0.2, 0) is 13.1 Å². The number of hydrogen-bond donors (Lipinski definition) is 1. The summed E-state index contributed by atoms with van der Waals surface area (Å²) in [5, 5.41) is 3.92. The lowest BCUT2D eigenvalue weighted by molar-refractivity contribution is 0.145. The number of nitrogens with zero attached hydrogens (tertiary/aromatic N) is 2.